The average Bonchev–Trinajstić information content (AvgIpc) is 3.14. The van der Waals surface area contributed by atoms with Crippen LogP contribution in [0.4, 0.5) is 5.69 Å². The van der Waals surface area contributed by atoms with Crippen molar-refractivity contribution in [2.75, 3.05) is 5.32 Å². The molecule has 142 valence electrons. The second-order valence-corrected chi connectivity index (χ2v) is 7.44. The molecule has 0 aliphatic heterocycles. The van der Waals surface area contributed by atoms with Crippen LogP contribution in [-0.2, 0) is 17.6 Å². The molecule has 28 heavy (non-hydrogen) atoms. The Bertz CT molecular complexity index is 1040. The van der Waals surface area contributed by atoms with Gasteiger partial charge in [0.25, 0.3) is 5.91 Å². The zero-order valence-corrected chi connectivity index (χ0v) is 16.4. The van der Waals surface area contributed by atoms with E-state index in [9.17, 15) is 4.79 Å². The third-order valence-electron chi connectivity index (χ3n) is 4.98. The monoisotopic (exact) mass is 392 g/mol. The fraction of sp³-hybridized carbons (Fsp3) is 0.217. The first kappa shape index (κ1) is 18.5. The van der Waals surface area contributed by atoms with Crippen LogP contribution >= 0.6 is 11.6 Å². The molecule has 0 saturated carbocycles. The number of rotatable bonds is 4. The van der Waals surface area contributed by atoms with E-state index in [4.69, 9.17) is 16.1 Å². The highest BCUT2D eigenvalue weighted by atomic mass is 35.5. The number of aryl methyl sites for hydroxylation is 1. The van der Waals surface area contributed by atoms with Gasteiger partial charge in [0.05, 0.1) is 16.4 Å². The summed E-state index contributed by atoms with van der Waals surface area (Å²) in [6.07, 6.45) is 6.06. The lowest BCUT2D eigenvalue weighted by Crippen LogP contribution is -2.13. The molecule has 4 rings (SSSR count). The molecule has 1 aliphatic carbocycles. The Morgan fingerprint density at radius 3 is 2.75 bits per heavy atom. The van der Waals surface area contributed by atoms with Crippen LogP contribution in [0.15, 0.2) is 58.6 Å². The van der Waals surface area contributed by atoms with Crippen LogP contribution in [0.25, 0.3) is 17.4 Å². The minimum Gasteiger partial charge on any atom is -0.356 e. The van der Waals surface area contributed by atoms with Gasteiger partial charge in [-0.1, -0.05) is 47.1 Å². The predicted molar refractivity (Wildman–Crippen MR) is 112 cm³/mol. The largest absolute Gasteiger partial charge is 0.356 e. The Labute approximate surface area is 169 Å². The van der Waals surface area contributed by atoms with Crippen LogP contribution in [-0.4, -0.2) is 11.1 Å². The van der Waals surface area contributed by atoms with Gasteiger partial charge >= 0.3 is 0 Å². The first-order valence-electron chi connectivity index (χ1n) is 9.44. The van der Waals surface area contributed by atoms with Gasteiger partial charge in [-0.25, -0.2) is 0 Å². The molecule has 3 aromatic rings. The van der Waals surface area contributed by atoms with Crippen LogP contribution < -0.4 is 5.32 Å². The van der Waals surface area contributed by atoms with Crippen LogP contribution in [0.2, 0.25) is 5.02 Å². The Morgan fingerprint density at radius 2 is 1.93 bits per heavy atom. The van der Waals surface area contributed by atoms with E-state index in [2.05, 4.69) is 10.5 Å². The topological polar surface area (TPSA) is 55.1 Å². The number of halogens is 1. The van der Waals surface area contributed by atoms with Crippen molar-refractivity contribution in [2.24, 2.45) is 0 Å². The van der Waals surface area contributed by atoms with Gasteiger partial charge in [-0.2, -0.15) is 0 Å². The summed E-state index contributed by atoms with van der Waals surface area (Å²) in [5.41, 5.74) is 5.23. The van der Waals surface area contributed by atoms with Gasteiger partial charge in [-0.05, 0) is 62.4 Å². The number of carbonyl (C=O) groups is 1. The zero-order chi connectivity index (χ0) is 19.5. The number of carbonyl (C=O) groups excluding carboxylic acids is 1. The molecule has 1 N–H and O–H groups in total. The van der Waals surface area contributed by atoms with Gasteiger partial charge in [0.1, 0.15) is 0 Å². The number of nitrogens with one attached hydrogen (secondary N) is 1. The fourth-order valence-corrected chi connectivity index (χ4v) is 3.63. The molecule has 1 heterocycles. The molecule has 0 fully saturated rings. The number of hydrogen-bond acceptors (Lipinski definition) is 3. The van der Waals surface area contributed by atoms with Crippen molar-refractivity contribution >= 4 is 29.3 Å². The molecule has 0 unspecified atom stereocenters. The van der Waals surface area contributed by atoms with E-state index in [0.717, 1.165) is 48.3 Å². The molecule has 4 nitrogen and oxygen atoms in total. The fourth-order valence-electron chi connectivity index (χ4n) is 3.47. The lowest BCUT2D eigenvalue weighted by Gasteiger charge is -2.11. The summed E-state index contributed by atoms with van der Waals surface area (Å²) in [5, 5.41) is 7.61. The summed E-state index contributed by atoms with van der Waals surface area (Å²) in [6, 6.07) is 15.3. The molecule has 0 atom stereocenters. The molecular weight excluding hydrogens is 372 g/mol. The van der Waals surface area contributed by atoms with Crippen LogP contribution in [0.5, 0.6) is 0 Å². The standard InChI is InChI=1S/C23H21ClN2O2/c1-15(13-16-7-3-2-4-8-16)23(27)25-21-14-17(11-12-19(21)24)22-18-9-5-6-10-20(18)26-28-22/h2-4,7-8,11-14H,5-6,9-10H2,1H3,(H,25,27)/b15-13+. The van der Waals surface area contributed by atoms with Crippen molar-refractivity contribution < 1.29 is 9.32 Å². The molecule has 1 aliphatic rings. The van der Waals surface area contributed by atoms with Gasteiger partial charge in [-0.3, -0.25) is 4.79 Å². The highest BCUT2D eigenvalue weighted by Crippen LogP contribution is 2.35. The zero-order valence-electron chi connectivity index (χ0n) is 15.7. The Balaban J connectivity index is 1.59. The average molecular weight is 393 g/mol. The Kier molecular flexibility index (Phi) is 5.31. The summed E-state index contributed by atoms with van der Waals surface area (Å²) in [6.45, 7) is 1.78. The highest BCUT2D eigenvalue weighted by molar-refractivity contribution is 6.34. The first-order valence-corrected chi connectivity index (χ1v) is 9.81. The molecule has 0 radical (unpaired) electrons. The third-order valence-corrected chi connectivity index (χ3v) is 5.31. The summed E-state index contributed by atoms with van der Waals surface area (Å²) in [4.78, 5) is 12.6. The van der Waals surface area contributed by atoms with Crippen molar-refractivity contribution in [3.63, 3.8) is 0 Å². The van der Waals surface area contributed by atoms with Crippen molar-refractivity contribution in [3.8, 4) is 11.3 Å². The smallest absolute Gasteiger partial charge is 0.251 e. The molecule has 1 aromatic heterocycles. The van der Waals surface area contributed by atoms with Crippen molar-refractivity contribution in [1.29, 1.82) is 0 Å². The second-order valence-electron chi connectivity index (χ2n) is 7.03. The normalized spacial score (nSPS) is 13.9. The summed E-state index contributed by atoms with van der Waals surface area (Å²) in [7, 11) is 0. The van der Waals surface area contributed by atoms with E-state index in [-0.39, 0.29) is 5.91 Å². The maximum atomic E-state index is 12.6. The van der Waals surface area contributed by atoms with Gasteiger partial charge in [0.15, 0.2) is 5.76 Å². The lowest BCUT2D eigenvalue weighted by molar-refractivity contribution is -0.112. The van der Waals surface area contributed by atoms with E-state index in [1.54, 1.807) is 13.0 Å². The number of aromatic nitrogens is 1. The third kappa shape index (κ3) is 3.87. The first-order chi connectivity index (χ1) is 13.6. The van der Waals surface area contributed by atoms with Gasteiger partial charge in [0, 0.05) is 16.7 Å². The summed E-state index contributed by atoms with van der Waals surface area (Å²) >= 11 is 6.33. The minimum atomic E-state index is -0.192. The molecule has 0 saturated heterocycles. The predicted octanol–water partition coefficient (Wildman–Crippen LogP) is 5.92. The number of anilines is 1. The number of fused-ring (bicyclic) bond motifs is 1. The quantitative estimate of drug-likeness (QED) is 0.561. The van der Waals surface area contributed by atoms with Crippen LogP contribution in [0, 0.1) is 0 Å². The van der Waals surface area contributed by atoms with Gasteiger partial charge in [-0.15, -0.1) is 0 Å². The van der Waals surface area contributed by atoms with Crippen molar-refractivity contribution in [3.05, 3.63) is 75.9 Å². The van der Waals surface area contributed by atoms with E-state index >= 15 is 0 Å². The number of nitrogens with zero attached hydrogens (tertiary/aromatic N) is 1. The molecule has 5 heteroatoms. The number of benzene rings is 2. The van der Waals surface area contributed by atoms with E-state index in [1.165, 1.54) is 5.56 Å². The van der Waals surface area contributed by atoms with Crippen molar-refractivity contribution in [2.45, 2.75) is 32.6 Å². The second kappa shape index (κ2) is 8.03. The molecule has 1 amide bonds. The van der Waals surface area contributed by atoms with E-state index in [1.807, 2.05) is 48.5 Å². The minimum absolute atomic E-state index is 0.192. The van der Waals surface area contributed by atoms with Gasteiger partial charge < -0.3 is 9.84 Å². The molecule has 0 bridgehead atoms. The molecular formula is C23H21ClN2O2. The van der Waals surface area contributed by atoms with Crippen molar-refractivity contribution in [1.82, 2.24) is 5.16 Å². The Morgan fingerprint density at radius 1 is 1.14 bits per heavy atom. The molecule has 0 spiro atoms. The maximum absolute atomic E-state index is 12.6. The number of hydrogen-bond donors (Lipinski definition) is 1. The van der Waals surface area contributed by atoms with E-state index < -0.39 is 0 Å². The molecule has 2 aromatic carbocycles. The maximum Gasteiger partial charge on any atom is 0.251 e. The van der Waals surface area contributed by atoms with Crippen LogP contribution in [0.1, 0.15) is 36.6 Å². The SMILES string of the molecule is C/C(=C\c1ccccc1)C(=O)Nc1cc(-c2onc3c2CCCC3)ccc1Cl. The Hall–Kier alpha value is -2.85. The van der Waals surface area contributed by atoms with Gasteiger partial charge in [0.2, 0.25) is 0 Å². The summed E-state index contributed by atoms with van der Waals surface area (Å²) in [5.74, 6) is 0.584. The van der Waals surface area contributed by atoms with Crippen LogP contribution in [0.3, 0.4) is 0 Å². The lowest BCUT2D eigenvalue weighted by atomic mass is 9.94. The van der Waals surface area contributed by atoms with E-state index in [0.29, 0.717) is 16.3 Å². The highest BCUT2D eigenvalue weighted by Gasteiger charge is 2.21. The number of amides is 1. The summed E-state index contributed by atoms with van der Waals surface area (Å²) < 4.78 is 5.61.